The molecule has 0 saturated heterocycles. The highest BCUT2D eigenvalue weighted by Crippen LogP contribution is 2.28. The molecule has 0 N–H and O–H groups in total. The van der Waals surface area contributed by atoms with Crippen LogP contribution in [-0.4, -0.2) is 41.4 Å². The molecule has 0 unspecified atom stereocenters. The Balaban J connectivity index is 2.35. The lowest BCUT2D eigenvalue weighted by atomic mass is 9.99. The SMILES string of the molecule is CO/N=C(/C(=O)OC)c1cccc(C)c1CO/N=C(\C)c1cn(C(F)(F)F)nc1C(F)F. The van der Waals surface area contributed by atoms with Gasteiger partial charge in [0.15, 0.2) is 5.71 Å². The van der Waals surface area contributed by atoms with Crippen molar-refractivity contribution in [3.63, 3.8) is 0 Å². The van der Waals surface area contributed by atoms with Gasteiger partial charge in [-0.3, -0.25) is 0 Å². The van der Waals surface area contributed by atoms with Crippen molar-refractivity contribution in [2.24, 2.45) is 10.3 Å². The van der Waals surface area contributed by atoms with Crippen molar-refractivity contribution in [3.05, 3.63) is 52.3 Å². The van der Waals surface area contributed by atoms with Crippen LogP contribution < -0.4 is 0 Å². The quantitative estimate of drug-likeness (QED) is 0.256. The lowest BCUT2D eigenvalue weighted by Gasteiger charge is -2.12. The van der Waals surface area contributed by atoms with Crippen molar-refractivity contribution in [1.29, 1.82) is 0 Å². The fourth-order valence-electron chi connectivity index (χ4n) is 2.70. The van der Waals surface area contributed by atoms with Crippen LogP contribution in [0.4, 0.5) is 22.0 Å². The van der Waals surface area contributed by atoms with Gasteiger partial charge in [-0.15, -0.1) is 13.2 Å². The molecular weight excluding hydrogens is 443 g/mol. The first-order chi connectivity index (χ1) is 15.0. The van der Waals surface area contributed by atoms with Crippen molar-refractivity contribution in [3.8, 4) is 0 Å². The Hall–Kier alpha value is -3.51. The molecular formula is C19H19F5N4O4. The average molecular weight is 462 g/mol. The smallest absolute Gasteiger partial charge is 0.464 e. The Labute approximate surface area is 179 Å². The third kappa shape index (κ3) is 5.59. The molecule has 0 aliphatic carbocycles. The molecule has 2 aromatic rings. The second-order valence-corrected chi connectivity index (χ2v) is 6.31. The number of esters is 1. The van der Waals surface area contributed by atoms with E-state index in [1.807, 2.05) is 0 Å². The van der Waals surface area contributed by atoms with Crippen LogP contribution in [-0.2, 0) is 32.1 Å². The summed E-state index contributed by atoms with van der Waals surface area (Å²) in [5.41, 5.74) is -0.562. The maximum Gasteiger partial charge on any atom is 0.504 e. The Morgan fingerprint density at radius 1 is 1.19 bits per heavy atom. The predicted octanol–water partition coefficient (Wildman–Crippen LogP) is 4.07. The average Bonchev–Trinajstić information content (AvgIpc) is 3.19. The van der Waals surface area contributed by atoms with Crippen LogP contribution in [0.25, 0.3) is 0 Å². The van der Waals surface area contributed by atoms with E-state index in [1.54, 1.807) is 25.1 Å². The standard InChI is InChI=1S/C19H19F5N4O4/c1-10-6-5-7-12(16(27-31-4)18(29)30-3)14(10)9-32-26-11(2)13-8-28(19(22,23)24)25-15(13)17(20)21/h5-8,17H,9H2,1-4H3/b26-11+,27-16+. The molecule has 2 rings (SSSR count). The highest BCUT2D eigenvalue weighted by atomic mass is 19.4. The van der Waals surface area contributed by atoms with E-state index in [9.17, 15) is 26.7 Å². The predicted molar refractivity (Wildman–Crippen MR) is 102 cm³/mol. The van der Waals surface area contributed by atoms with Crippen LogP contribution in [0.1, 0.15) is 41.3 Å². The van der Waals surface area contributed by atoms with E-state index in [-0.39, 0.29) is 18.0 Å². The minimum absolute atomic E-state index is 0.149. The van der Waals surface area contributed by atoms with Gasteiger partial charge < -0.3 is 14.4 Å². The second-order valence-electron chi connectivity index (χ2n) is 6.31. The van der Waals surface area contributed by atoms with E-state index in [0.717, 1.165) is 7.11 Å². The van der Waals surface area contributed by atoms with Crippen molar-refractivity contribution < 1.29 is 41.2 Å². The van der Waals surface area contributed by atoms with E-state index in [2.05, 4.69) is 25.0 Å². The topological polar surface area (TPSA) is 87.3 Å². The maximum absolute atomic E-state index is 13.1. The first-order valence-corrected chi connectivity index (χ1v) is 8.91. The van der Waals surface area contributed by atoms with Crippen molar-refractivity contribution in [2.75, 3.05) is 14.2 Å². The molecule has 0 amide bonds. The van der Waals surface area contributed by atoms with Crippen molar-refractivity contribution in [2.45, 2.75) is 33.2 Å². The molecule has 0 bridgehead atoms. The van der Waals surface area contributed by atoms with Crippen molar-refractivity contribution >= 4 is 17.4 Å². The van der Waals surface area contributed by atoms with Gasteiger partial charge in [0.25, 0.3) is 6.43 Å². The van der Waals surface area contributed by atoms with Crippen LogP contribution in [0, 0.1) is 6.92 Å². The molecule has 1 heterocycles. The molecule has 0 atom stereocenters. The summed E-state index contributed by atoms with van der Waals surface area (Å²) in [5.74, 6) is -0.778. The Morgan fingerprint density at radius 2 is 1.88 bits per heavy atom. The molecule has 0 aliphatic heterocycles. The lowest BCUT2D eigenvalue weighted by Crippen LogP contribution is -2.20. The number of rotatable bonds is 8. The molecule has 174 valence electrons. The lowest BCUT2D eigenvalue weighted by molar-refractivity contribution is -0.212. The summed E-state index contributed by atoms with van der Waals surface area (Å²) in [6, 6.07) is 4.92. The minimum Gasteiger partial charge on any atom is -0.464 e. The summed E-state index contributed by atoms with van der Waals surface area (Å²) in [4.78, 5) is 21.9. The number of carbonyl (C=O) groups is 1. The third-order valence-electron chi connectivity index (χ3n) is 4.24. The van der Waals surface area contributed by atoms with Crippen LogP contribution in [0.3, 0.4) is 0 Å². The number of aromatic nitrogens is 2. The van der Waals surface area contributed by atoms with Gasteiger partial charge in [0, 0.05) is 22.9 Å². The number of oxime groups is 2. The van der Waals surface area contributed by atoms with E-state index < -0.39 is 34.6 Å². The highest BCUT2D eigenvalue weighted by molar-refractivity contribution is 6.43. The van der Waals surface area contributed by atoms with E-state index in [4.69, 9.17) is 4.84 Å². The van der Waals surface area contributed by atoms with E-state index in [1.165, 1.54) is 14.0 Å². The molecule has 1 aromatic heterocycles. The zero-order valence-corrected chi connectivity index (χ0v) is 17.4. The zero-order chi connectivity index (χ0) is 24.1. The number of methoxy groups -OCH3 is 1. The normalized spacial score (nSPS) is 12.8. The van der Waals surface area contributed by atoms with Gasteiger partial charge in [-0.2, -0.15) is 9.78 Å². The van der Waals surface area contributed by atoms with Gasteiger partial charge in [-0.1, -0.05) is 28.5 Å². The molecule has 0 aliphatic rings. The summed E-state index contributed by atoms with van der Waals surface area (Å²) in [6.07, 6.45) is -7.82. The number of nitrogens with zero attached hydrogens (tertiary/aromatic N) is 4. The van der Waals surface area contributed by atoms with E-state index in [0.29, 0.717) is 22.9 Å². The van der Waals surface area contributed by atoms with Gasteiger partial charge in [-0.05, 0) is 19.4 Å². The molecule has 0 radical (unpaired) electrons. The first-order valence-electron chi connectivity index (χ1n) is 8.91. The monoisotopic (exact) mass is 462 g/mol. The fourth-order valence-corrected chi connectivity index (χ4v) is 2.70. The second kappa shape index (κ2) is 10.2. The fraction of sp³-hybridized carbons (Fsp3) is 0.368. The minimum atomic E-state index is -4.97. The molecule has 32 heavy (non-hydrogen) atoms. The number of carbonyl (C=O) groups excluding carboxylic acids is 1. The maximum atomic E-state index is 13.1. The van der Waals surface area contributed by atoms with Gasteiger partial charge in [0.05, 0.1) is 12.8 Å². The summed E-state index contributed by atoms with van der Waals surface area (Å²) in [5, 5.41) is 10.2. The zero-order valence-electron chi connectivity index (χ0n) is 17.4. The molecule has 13 heteroatoms. The number of benzene rings is 1. The highest BCUT2D eigenvalue weighted by Gasteiger charge is 2.35. The van der Waals surface area contributed by atoms with Gasteiger partial charge in [0.2, 0.25) is 0 Å². The molecule has 8 nitrogen and oxygen atoms in total. The first kappa shape index (κ1) is 24.8. The Morgan fingerprint density at radius 3 is 2.44 bits per heavy atom. The number of halogens is 5. The number of hydrogen-bond acceptors (Lipinski definition) is 7. The molecule has 0 fully saturated rings. The van der Waals surface area contributed by atoms with E-state index >= 15 is 0 Å². The number of aryl methyl sites for hydroxylation is 1. The van der Waals surface area contributed by atoms with Gasteiger partial charge in [0.1, 0.15) is 19.4 Å². The summed E-state index contributed by atoms with van der Waals surface area (Å²) < 4.78 is 68.9. The number of hydrogen-bond donors (Lipinski definition) is 0. The Kier molecular flexibility index (Phi) is 7.89. The largest absolute Gasteiger partial charge is 0.504 e. The summed E-state index contributed by atoms with van der Waals surface area (Å²) in [6.45, 7) is 2.66. The summed E-state index contributed by atoms with van der Waals surface area (Å²) in [7, 11) is 2.40. The van der Waals surface area contributed by atoms with Crippen LogP contribution >= 0.6 is 0 Å². The van der Waals surface area contributed by atoms with Gasteiger partial charge in [-0.25, -0.2) is 13.6 Å². The van der Waals surface area contributed by atoms with Crippen molar-refractivity contribution in [1.82, 2.24) is 9.78 Å². The molecule has 0 spiro atoms. The van der Waals surface area contributed by atoms with Crippen LogP contribution in [0.2, 0.25) is 0 Å². The van der Waals surface area contributed by atoms with Crippen LogP contribution in [0.5, 0.6) is 0 Å². The third-order valence-corrected chi connectivity index (χ3v) is 4.24. The Bertz CT molecular complexity index is 1030. The van der Waals surface area contributed by atoms with Gasteiger partial charge >= 0.3 is 12.3 Å². The van der Waals surface area contributed by atoms with Crippen LogP contribution in [0.15, 0.2) is 34.7 Å². The summed E-state index contributed by atoms with van der Waals surface area (Å²) >= 11 is 0. The number of ether oxygens (including phenoxy) is 1. The molecule has 0 saturated carbocycles. The number of alkyl halides is 5. The molecule has 1 aromatic carbocycles.